The maximum Gasteiger partial charge on any atom is 0.377 e. The van der Waals surface area contributed by atoms with Gasteiger partial charge < -0.3 is 48.7 Å². The zero-order valence-electron chi connectivity index (χ0n) is 47.4. The summed E-state index contributed by atoms with van der Waals surface area (Å²) in [5.41, 5.74) is 6.58. The molecule has 1 saturated heterocycles. The van der Waals surface area contributed by atoms with Gasteiger partial charge in [0, 0.05) is 52.8 Å². The summed E-state index contributed by atoms with van der Waals surface area (Å²) in [4.78, 5) is 60.3. The van der Waals surface area contributed by atoms with Crippen LogP contribution in [-0.4, -0.2) is 111 Å². The number of hydrogen-bond acceptors (Lipinski definition) is 17. The Morgan fingerprint density at radius 3 is 1.57 bits per heavy atom. The van der Waals surface area contributed by atoms with Crippen LogP contribution in [0.3, 0.4) is 0 Å². The molecule has 25 heteroatoms. The second kappa shape index (κ2) is 31.2. The molecule has 91 heavy (non-hydrogen) atoms. The Bertz CT molecular complexity index is 4430. The van der Waals surface area contributed by atoms with Crippen molar-refractivity contribution in [1.29, 1.82) is 0 Å². The molecule has 11 aromatic rings. The number of halogens is 6. The standard InChI is InChI=1S/C30H28FN3O6.C15H9NO4.C7H5BrFNO.C7H4BrFO.C7H4BrNO/c31-23-13-22(15-26-29(23)39-12-11-38-26)27(35)24(17-34-9-1-2-10-34)33-30(37)28(36)19-5-3-18(4-6-19)20-7-8-21-16-32-40-25(21)14-20;17-14(15(18)19)10-3-1-9(2-4-10)11-5-6-12-8-16-20-13(12)7-11;8-6-2-1-5(4-10-11)7(9)3-6;8-6-2-1-5(4-10)7(9)3-6;8-6-2-1-5-4-9-10-7(5)3-6/h3-8,13-16,24,27,35H,1-2,9-12,17H2,(H,33,37);1-8H,(H,18,19);1-4,11H;2*1-4H/b;;10-4+;;/t24-,27-;;;;/m1..../s1. The molecule has 0 unspecified atom stereocenters. The number of carboxylic acids is 1. The van der Waals surface area contributed by atoms with E-state index in [-0.39, 0.29) is 52.5 Å². The molecular formula is C66H50Br3F3N6O13. The predicted octanol–water partition coefficient (Wildman–Crippen LogP) is 14.1. The lowest BCUT2D eigenvalue weighted by molar-refractivity contribution is -0.131. The molecule has 3 aromatic heterocycles. The Balaban J connectivity index is 0.000000157. The van der Waals surface area contributed by atoms with Crippen molar-refractivity contribution in [2.24, 2.45) is 5.16 Å². The highest BCUT2D eigenvalue weighted by atomic mass is 79.9. The van der Waals surface area contributed by atoms with E-state index in [0.29, 0.717) is 32.9 Å². The third kappa shape index (κ3) is 17.4. The van der Waals surface area contributed by atoms with Crippen molar-refractivity contribution in [2.75, 3.05) is 32.8 Å². The number of carbonyl (C=O) groups is 5. The predicted molar refractivity (Wildman–Crippen MR) is 340 cm³/mol. The average molecular weight is 1430 g/mol. The van der Waals surface area contributed by atoms with Gasteiger partial charge in [0.2, 0.25) is 5.78 Å². The molecular weight excluding hydrogens is 1380 g/mol. The molecule has 0 radical (unpaired) electrons. The van der Waals surface area contributed by atoms with Gasteiger partial charge in [-0.05, 0) is 145 Å². The lowest BCUT2D eigenvalue weighted by Crippen LogP contribution is -2.48. The van der Waals surface area contributed by atoms with Gasteiger partial charge in [-0.3, -0.25) is 19.2 Å². The molecule has 1 fully saturated rings. The highest BCUT2D eigenvalue weighted by Crippen LogP contribution is 2.37. The largest absolute Gasteiger partial charge is 0.486 e. The Labute approximate surface area is 540 Å². The molecule has 0 saturated carbocycles. The zero-order valence-corrected chi connectivity index (χ0v) is 52.1. The minimum absolute atomic E-state index is 0.00158. The minimum Gasteiger partial charge on any atom is -0.486 e. The van der Waals surface area contributed by atoms with Crippen LogP contribution in [0.5, 0.6) is 11.5 Å². The number of aliphatic carboxylic acids is 1. The Morgan fingerprint density at radius 2 is 1.05 bits per heavy atom. The van der Waals surface area contributed by atoms with Crippen molar-refractivity contribution in [3.8, 4) is 33.8 Å². The fraction of sp³-hybridized carbons (Fsp3) is 0.136. The first-order chi connectivity index (χ1) is 43.9. The number of aliphatic hydroxyl groups excluding tert-OH is 1. The summed E-state index contributed by atoms with van der Waals surface area (Å²) >= 11 is 9.50. The number of hydrogen-bond donors (Lipinski definition) is 4. The van der Waals surface area contributed by atoms with E-state index in [0.717, 1.165) is 80.6 Å². The van der Waals surface area contributed by atoms with Crippen LogP contribution in [0.1, 0.15) is 61.1 Å². The first kappa shape index (κ1) is 65.8. The summed E-state index contributed by atoms with van der Waals surface area (Å²) in [7, 11) is 0. The quantitative estimate of drug-likeness (QED) is 0.0209. The molecule has 464 valence electrons. The number of benzene rings is 8. The highest BCUT2D eigenvalue weighted by Gasteiger charge is 2.31. The van der Waals surface area contributed by atoms with E-state index in [1.165, 1.54) is 48.5 Å². The van der Waals surface area contributed by atoms with E-state index in [9.17, 15) is 42.3 Å². The molecule has 19 nitrogen and oxygen atoms in total. The van der Waals surface area contributed by atoms with E-state index < -0.39 is 53.0 Å². The second-order valence-corrected chi connectivity index (χ2v) is 22.8. The first-order valence-electron chi connectivity index (χ1n) is 27.5. The number of Topliss-reactive ketones (excluding diaryl/α,β-unsaturated/α-hetero) is 2. The fourth-order valence-corrected chi connectivity index (χ4v) is 10.3. The maximum absolute atomic E-state index is 14.7. The molecule has 8 aromatic carbocycles. The van der Waals surface area contributed by atoms with Gasteiger partial charge in [0.1, 0.15) is 31.0 Å². The molecule has 13 rings (SSSR count). The average Bonchev–Trinajstić information content (AvgIpc) is 2.64. The first-order valence-corrected chi connectivity index (χ1v) is 29.9. The van der Waals surface area contributed by atoms with Crippen molar-refractivity contribution in [1.82, 2.24) is 25.7 Å². The summed E-state index contributed by atoms with van der Waals surface area (Å²) in [5.74, 6) is -5.33. The number of oxime groups is 1. The molecule has 4 N–H and O–H groups in total. The molecule has 0 spiro atoms. The van der Waals surface area contributed by atoms with Crippen molar-refractivity contribution < 1.29 is 75.6 Å². The molecule has 0 bridgehead atoms. The van der Waals surface area contributed by atoms with E-state index in [4.69, 9.17) is 33.4 Å². The Morgan fingerprint density at radius 1 is 0.582 bits per heavy atom. The van der Waals surface area contributed by atoms with Gasteiger partial charge in [-0.2, -0.15) is 0 Å². The van der Waals surface area contributed by atoms with Crippen LogP contribution in [0.2, 0.25) is 0 Å². The molecule has 0 aliphatic carbocycles. The second-order valence-electron chi connectivity index (χ2n) is 20.0. The van der Waals surface area contributed by atoms with Gasteiger partial charge in [0.25, 0.3) is 11.7 Å². The molecule has 2 atom stereocenters. The van der Waals surface area contributed by atoms with Crippen molar-refractivity contribution in [2.45, 2.75) is 25.0 Å². The maximum atomic E-state index is 14.7. The smallest absolute Gasteiger partial charge is 0.377 e. The number of carbonyl (C=O) groups excluding carboxylic acids is 4. The number of fused-ring (bicyclic) bond motifs is 4. The molecule has 2 aliphatic rings. The normalized spacial score (nSPS) is 13.1. The van der Waals surface area contributed by atoms with E-state index in [1.54, 1.807) is 67.1 Å². The van der Waals surface area contributed by atoms with Gasteiger partial charge >= 0.3 is 5.97 Å². The van der Waals surface area contributed by atoms with E-state index in [2.05, 4.69) is 78.6 Å². The Kier molecular flexibility index (Phi) is 22.5. The number of ether oxygens (including phenoxy) is 2. The van der Waals surface area contributed by atoms with Crippen LogP contribution < -0.4 is 14.8 Å². The van der Waals surface area contributed by atoms with E-state index >= 15 is 0 Å². The lowest BCUT2D eigenvalue weighted by atomic mass is 9.99. The number of rotatable bonds is 13. The summed E-state index contributed by atoms with van der Waals surface area (Å²) in [6, 6.07) is 40.8. The minimum atomic E-state index is -1.46. The third-order valence-electron chi connectivity index (χ3n) is 14.0. The summed E-state index contributed by atoms with van der Waals surface area (Å²) < 4.78 is 68.5. The SMILES string of the molecule is Brc1ccc2cnoc2c1.O/N=C/c1ccc(Br)cc1F.O=C(N[C@H](CN1CCCC1)[C@H](O)c1cc(F)c2c(c1)OCCO2)C(=O)c1ccc(-c2ccc3cnoc3c2)cc1.O=C(O)C(=O)c1ccc(-c2ccc3cnoc3c2)cc1.O=Cc1ccc(Br)cc1F. The number of aliphatic hydroxyl groups is 1. The van der Waals surface area contributed by atoms with Gasteiger partial charge in [-0.15, -0.1) is 0 Å². The molecule has 2 aliphatic heterocycles. The lowest BCUT2D eigenvalue weighted by Gasteiger charge is -2.29. The number of carboxylic acid groups (broad SMARTS) is 1. The van der Waals surface area contributed by atoms with Crippen LogP contribution in [0, 0.1) is 17.5 Å². The summed E-state index contributed by atoms with van der Waals surface area (Å²) in [6.07, 6.45) is 7.22. The van der Waals surface area contributed by atoms with Crippen LogP contribution in [0.25, 0.3) is 55.2 Å². The number of aromatic nitrogens is 3. The van der Waals surface area contributed by atoms with Crippen LogP contribution in [0.15, 0.2) is 202 Å². The Hall–Kier alpha value is -9.66. The number of nitrogens with zero attached hydrogens (tertiary/aromatic N) is 5. The molecule has 1 amide bonds. The van der Waals surface area contributed by atoms with Crippen LogP contribution in [-0.2, 0) is 9.59 Å². The van der Waals surface area contributed by atoms with E-state index in [1.807, 2.05) is 54.6 Å². The number of nitrogens with one attached hydrogen (secondary N) is 1. The van der Waals surface area contributed by atoms with Crippen LogP contribution in [0.4, 0.5) is 13.2 Å². The number of ketones is 2. The fourth-order valence-electron chi connectivity index (χ4n) is 9.30. The summed E-state index contributed by atoms with van der Waals surface area (Å²) in [6.45, 7) is 2.42. The van der Waals surface area contributed by atoms with Gasteiger partial charge in [-0.25, -0.2) is 18.0 Å². The highest BCUT2D eigenvalue weighted by molar-refractivity contribution is 9.11. The van der Waals surface area contributed by atoms with Crippen molar-refractivity contribution in [3.05, 3.63) is 229 Å². The summed E-state index contributed by atoms with van der Waals surface area (Å²) in [5, 5.41) is 47.4. The van der Waals surface area contributed by atoms with Crippen molar-refractivity contribution in [3.63, 3.8) is 0 Å². The number of aldehydes is 1. The monoisotopic (exact) mass is 1430 g/mol. The number of amides is 1. The van der Waals surface area contributed by atoms with Gasteiger partial charge in [-0.1, -0.05) is 129 Å². The van der Waals surface area contributed by atoms with Crippen molar-refractivity contribution >= 4 is 117 Å². The molecule has 5 heterocycles. The zero-order chi connectivity index (χ0) is 64.6. The third-order valence-corrected chi connectivity index (χ3v) is 15.4. The number of likely N-dealkylation sites (tertiary alicyclic amines) is 1. The van der Waals surface area contributed by atoms with Crippen LogP contribution >= 0.6 is 47.8 Å². The van der Waals surface area contributed by atoms with Gasteiger partial charge in [0.15, 0.2) is 40.4 Å². The van der Waals surface area contributed by atoms with Gasteiger partial charge in [0.05, 0.1) is 36.4 Å². The topological polar surface area (TPSA) is 270 Å².